The van der Waals surface area contributed by atoms with Crippen LogP contribution in [0.25, 0.3) is 0 Å². The smallest absolute Gasteiger partial charge is 0.261 e. The van der Waals surface area contributed by atoms with Crippen LogP contribution in [0.2, 0.25) is 0 Å². The van der Waals surface area contributed by atoms with Crippen molar-refractivity contribution in [2.45, 2.75) is 17.4 Å². The van der Waals surface area contributed by atoms with E-state index in [9.17, 15) is 13.2 Å². The van der Waals surface area contributed by atoms with Crippen LogP contribution in [0.5, 0.6) is 0 Å². The van der Waals surface area contributed by atoms with Crippen molar-refractivity contribution in [2.75, 3.05) is 0 Å². The van der Waals surface area contributed by atoms with Crippen LogP contribution in [0.1, 0.15) is 5.56 Å². The maximum absolute atomic E-state index is 12.4. The van der Waals surface area contributed by atoms with Crippen LogP contribution in [0.15, 0.2) is 64.0 Å². The first-order valence-electron chi connectivity index (χ1n) is 6.68. The second-order valence-electron chi connectivity index (χ2n) is 4.79. The Morgan fingerprint density at radius 3 is 2.26 bits per heavy atom. The zero-order valence-corrected chi connectivity index (χ0v) is 14.3. The Labute approximate surface area is 142 Å². The van der Waals surface area contributed by atoms with E-state index in [1.54, 1.807) is 36.4 Å². The van der Waals surface area contributed by atoms with Gasteiger partial charge in [-0.05, 0) is 36.2 Å². The molecule has 2 aromatic rings. The van der Waals surface area contributed by atoms with Crippen molar-refractivity contribution in [3.8, 4) is 0 Å². The number of sulfonamides is 1. The van der Waals surface area contributed by atoms with Gasteiger partial charge in [-0.2, -0.15) is 4.72 Å². The number of hydrogen-bond donors (Lipinski definition) is 3. The molecule has 0 heterocycles. The maximum Gasteiger partial charge on any atom is 0.261 e. The number of halogens is 1. The largest absolute Gasteiger partial charge is 0.289 e. The summed E-state index contributed by atoms with van der Waals surface area (Å²) < 4.78 is 27.8. The highest BCUT2D eigenvalue weighted by atomic mass is 79.9. The van der Waals surface area contributed by atoms with Crippen molar-refractivity contribution in [1.29, 1.82) is 0 Å². The summed E-state index contributed by atoms with van der Waals surface area (Å²) in [5.41, 5.74) is 2.26. The molecule has 2 aromatic carbocycles. The summed E-state index contributed by atoms with van der Waals surface area (Å²) in [5, 5.41) is 8.85. The highest BCUT2D eigenvalue weighted by molar-refractivity contribution is 9.10. The normalized spacial score (nSPS) is 12.6. The third-order valence-electron chi connectivity index (χ3n) is 3.13. The molecule has 1 amide bonds. The summed E-state index contributed by atoms with van der Waals surface area (Å²) in [5.74, 6) is -0.825. The van der Waals surface area contributed by atoms with Crippen LogP contribution < -0.4 is 10.2 Å². The highest BCUT2D eigenvalue weighted by Crippen LogP contribution is 2.15. The van der Waals surface area contributed by atoms with Gasteiger partial charge in [-0.25, -0.2) is 13.9 Å². The molecular weight excluding hydrogens is 384 g/mol. The van der Waals surface area contributed by atoms with Gasteiger partial charge in [-0.3, -0.25) is 10.0 Å². The predicted molar refractivity (Wildman–Crippen MR) is 88.3 cm³/mol. The van der Waals surface area contributed by atoms with E-state index in [1.807, 2.05) is 6.07 Å². The summed E-state index contributed by atoms with van der Waals surface area (Å²) in [6.07, 6.45) is 0.114. The predicted octanol–water partition coefficient (Wildman–Crippen LogP) is 1.84. The number of carbonyl (C=O) groups excluding carboxylic acids is 1. The van der Waals surface area contributed by atoms with Crippen LogP contribution in [-0.4, -0.2) is 25.6 Å². The average molecular weight is 399 g/mol. The first-order valence-corrected chi connectivity index (χ1v) is 8.96. The van der Waals surface area contributed by atoms with Crippen LogP contribution in [0.3, 0.4) is 0 Å². The summed E-state index contributed by atoms with van der Waals surface area (Å²) in [7, 11) is -3.89. The van der Waals surface area contributed by atoms with E-state index in [0.29, 0.717) is 0 Å². The molecule has 0 aliphatic carbocycles. The van der Waals surface area contributed by atoms with E-state index in [1.165, 1.54) is 17.6 Å². The molecule has 0 aliphatic heterocycles. The van der Waals surface area contributed by atoms with Crippen molar-refractivity contribution in [3.05, 3.63) is 64.6 Å². The minimum absolute atomic E-state index is 0.0319. The Morgan fingerprint density at radius 1 is 1.09 bits per heavy atom. The molecule has 122 valence electrons. The van der Waals surface area contributed by atoms with Crippen LogP contribution in [0, 0.1) is 0 Å². The number of benzene rings is 2. The number of amides is 1. The average Bonchev–Trinajstić information content (AvgIpc) is 2.54. The van der Waals surface area contributed by atoms with Gasteiger partial charge < -0.3 is 0 Å². The second kappa shape index (κ2) is 7.69. The lowest BCUT2D eigenvalue weighted by atomic mass is 10.1. The van der Waals surface area contributed by atoms with Crippen molar-refractivity contribution in [2.24, 2.45) is 0 Å². The molecule has 0 saturated carbocycles. The molecule has 0 spiro atoms. The number of nitrogens with one attached hydrogen (secondary N) is 2. The first-order chi connectivity index (χ1) is 10.9. The summed E-state index contributed by atoms with van der Waals surface area (Å²) in [4.78, 5) is 11.8. The molecule has 8 heteroatoms. The summed E-state index contributed by atoms with van der Waals surface area (Å²) in [6.45, 7) is 0. The number of hydroxylamine groups is 1. The van der Waals surface area contributed by atoms with E-state index >= 15 is 0 Å². The van der Waals surface area contributed by atoms with E-state index in [-0.39, 0.29) is 11.3 Å². The maximum atomic E-state index is 12.4. The van der Waals surface area contributed by atoms with Crippen LogP contribution in [-0.2, 0) is 21.2 Å². The third kappa shape index (κ3) is 4.87. The molecule has 0 saturated heterocycles. The van der Waals surface area contributed by atoms with E-state index in [2.05, 4.69) is 20.7 Å². The van der Waals surface area contributed by atoms with E-state index in [0.717, 1.165) is 10.0 Å². The van der Waals surface area contributed by atoms with Gasteiger partial charge in [-0.1, -0.05) is 46.3 Å². The first kappa shape index (κ1) is 17.6. The van der Waals surface area contributed by atoms with Gasteiger partial charge in [0.25, 0.3) is 5.91 Å². The lowest BCUT2D eigenvalue weighted by molar-refractivity contribution is -0.130. The molecule has 2 rings (SSSR count). The monoisotopic (exact) mass is 398 g/mol. The molecular formula is C15H15BrN2O4S. The van der Waals surface area contributed by atoms with E-state index < -0.39 is 22.0 Å². The zero-order valence-electron chi connectivity index (χ0n) is 11.9. The van der Waals surface area contributed by atoms with Crippen molar-refractivity contribution in [1.82, 2.24) is 10.2 Å². The Hall–Kier alpha value is -1.74. The SMILES string of the molecule is O=C(NO)[C@@H](Cc1ccccc1)NS(=O)(=O)c1ccc(Br)cc1. The van der Waals surface area contributed by atoms with Gasteiger partial charge in [-0.15, -0.1) is 0 Å². The fourth-order valence-corrected chi connectivity index (χ4v) is 3.44. The minimum Gasteiger partial charge on any atom is -0.289 e. The van der Waals surface area contributed by atoms with Gasteiger partial charge >= 0.3 is 0 Å². The molecule has 0 unspecified atom stereocenters. The quantitative estimate of drug-likeness (QED) is 0.510. The van der Waals surface area contributed by atoms with Crippen LogP contribution in [0.4, 0.5) is 0 Å². The minimum atomic E-state index is -3.89. The molecule has 0 aliphatic rings. The van der Waals surface area contributed by atoms with Crippen molar-refractivity contribution < 1.29 is 18.4 Å². The Kier molecular flexibility index (Phi) is 5.89. The molecule has 1 atom stereocenters. The second-order valence-corrected chi connectivity index (χ2v) is 7.42. The number of hydrogen-bond acceptors (Lipinski definition) is 4. The molecule has 23 heavy (non-hydrogen) atoms. The number of rotatable bonds is 6. The number of carbonyl (C=O) groups is 1. The molecule has 0 radical (unpaired) electrons. The molecule has 3 N–H and O–H groups in total. The lowest BCUT2D eigenvalue weighted by Gasteiger charge is -2.17. The van der Waals surface area contributed by atoms with Gasteiger partial charge in [0.15, 0.2) is 0 Å². The fraction of sp³-hybridized carbons (Fsp3) is 0.133. The van der Waals surface area contributed by atoms with Crippen molar-refractivity contribution >= 4 is 31.9 Å². The Morgan fingerprint density at radius 2 is 1.70 bits per heavy atom. The molecule has 6 nitrogen and oxygen atoms in total. The standard InChI is InChI=1S/C15H15BrN2O4S/c16-12-6-8-13(9-7-12)23(21,22)18-14(15(19)17-20)10-11-4-2-1-3-5-11/h1-9,14,18,20H,10H2,(H,17,19)/t14-/m1/s1. The topological polar surface area (TPSA) is 95.5 Å². The fourth-order valence-electron chi connectivity index (χ4n) is 1.98. The van der Waals surface area contributed by atoms with E-state index in [4.69, 9.17) is 5.21 Å². The Bertz CT molecular complexity index is 764. The van der Waals surface area contributed by atoms with Gasteiger partial charge in [0.2, 0.25) is 10.0 Å². The highest BCUT2D eigenvalue weighted by Gasteiger charge is 2.25. The van der Waals surface area contributed by atoms with Gasteiger partial charge in [0.1, 0.15) is 6.04 Å². The molecule has 0 bridgehead atoms. The summed E-state index contributed by atoms with van der Waals surface area (Å²) >= 11 is 3.23. The van der Waals surface area contributed by atoms with Gasteiger partial charge in [0, 0.05) is 4.47 Å². The zero-order chi connectivity index (χ0) is 16.9. The van der Waals surface area contributed by atoms with Crippen LogP contribution >= 0.6 is 15.9 Å². The van der Waals surface area contributed by atoms with Crippen molar-refractivity contribution in [3.63, 3.8) is 0 Å². The molecule has 0 aromatic heterocycles. The lowest BCUT2D eigenvalue weighted by Crippen LogP contribution is -2.47. The molecule has 0 fully saturated rings. The van der Waals surface area contributed by atoms with Gasteiger partial charge in [0.05, 0.1) is 4.90 Å². The summed E-state index contributed by atoms with van der Waals surface area (Å²) in [6, 6.07) is 13.8. The third-order valence-corrected chi connectivity index (χ3v) is 5.15. The Balaban J connectivity index is 2.23.